The van der Waals surface area contributed by atoms with Gasteiger partial charge in [0.15, 0.2) is 0 Å². The fourth-order valence-corrected chi connectivity index (χ4v) is 5.33. The van der Waals surface area contributed by atoms with Crippen LogP contribution in [0.2, 0.25) is 0 Å². The molecule has 5 heteroatoms. The molecule has 0 unspecified atom stereocenters. The highest BCUT2D eigenvalue weighted by Gasteiger charge is 2.38. The molecule has 28 heavy (non-hydrogen) atoms. The van der Waals surface area contributed by atoms with Crippen molar-refractivity contribution in [3.8, 4) is 0 Å². The number of hydrogen-bond acceptors (Lipinski definition) is 3. The minimum atomic E-state index is 0.247. The molecule has 0 aliphatic carbocycles. The van der Waals surface area contributed by atoms with Crippen molar-refractivity contribution in [2.45, 2.75) is 44.6 Å². The molecule has 1 aromatic heterocycles. The van der Waals surface area contributed by atoms with Gasteiger partial charge in [0.05, 0.1) is 6.42 Å². The van der Waals surface area contributed by atoms with Crippen LogP contribution in [0.15, 0.2) is 47.2 Å². The maximum absolute atomic E-state index is 12.8. The highest BCUT2D eigenvalue weighted by molar-refractivity contribution is 7.08. The summed E-state index contributed by atoms with van der Waals surface area (Å²) < 4.78 is 0. The molecule has 148 valence electrons. The number of carbonyl (C=O) groups is 2. The maximum Gasteiger partial charge on any atom is 0.227 e. The molecule has 2 aliphatic rings. The lowest BCUT2D eigenvalue weighted by Crippen LogP contribution is -2.57. The Labute approximate surface area is 171 Å². The molecule has 0 saturated carbocycles. The van der Waals surface area contributed by atoms with Crippen LogP contribution in [-0.2, 0) is 22.4 Å². The van der Waals surface area contributed by atoms with Gasteiger partial charge >= 0.3 is 0 Å². The fourth-order valence-electron chi connectivity index (χ4n) is 4.66. The number of fused-ring (bicyclic) bond motifs is 1. The summed E-state index contributed by atoms with van der Waals surface area (Å²) in [6, 6.07) is 12.6. The number of nitrogens with zero attached hydrogens (tertiary/aromatic N) is 2. The van der Waals surface area contributed by atoms with Crippen LogP contribution in [0.3, 0.4) is 0 Å². The van der Waals surface area contributed by atoms with E-state index in [1.54, 1.807) is 11.3 Å². The number of hydrogen-bond donors (Lipinski definition) is 0. The van der Waals surface area contributed by atoms with E-state index in [2.05, 4.69) is 22.4 Å². The van der Waals surface area contributed by atoms with E-state index in [0.717, 1.165) is 50.9 Å². The molecule has 2 atom stereocenters. The lowest BCUT2D eigenvalue weighted by molar-refractivity contribution is -0.141. The van der Waals surface area contributed by atoms with E-state index in [-0.39, 0.29) is 11.8 Å². The zero-order valence-electron chi connectivity index (χ0n) is 16.3. The van der Waals surface area contributed by atoms with Crippen LogP contribution in [-0.4, -0.2) is 47.3 Å². The van der Waals surface area contributed by atoms with Gasteiger partial charge in [0.25, 0.3) is 0 Å². The predicted molar refractivity (Wildman–Crippen MR) is 112 cm³/mol. The first-order valence-electron chi connectivity index (χ1n) is 10.3. The molecule has 2 aromatic rings. The van der Waals surface area contributed by atoms with Gasteiger partial charge in [-0.2, -0.15) is 11.3 Å². The first-order valence-corrected chi connectivity index (χ1v) is 11.3. The number of carbonyl (C=O) groups excluding carboxylic acids is 2. The van der Waals surface area contributed by atoms with Crippen LogP contribution >= 0.6 is 11.3 Å². The van der Waals surface area contributed by atoms with Gasteiger partial charge in [-0.15, -0.1) is 0 Å². The fraction of sp³-hybridized carbons (Fsp3) is 0.478. The maximum atomic E-state index is 12.8. The number of amides is 2. The normalized spacial score (nSPS) is 22.0. The molecule has 0 spiro atoms. The van der Waals surface area contributed by atoms with Crippen LogP contribution in [0, 0.1) is 5.92 Å². The number of thiophene rings is 1. The standard InChI is InChI=1S/C23H28N2O2S/c26-22(9-8-18-5-2-1-3-6-18)24-13-10-21-20(16-24)7-4-12-25(21)23(27)15-19-11-14-28-17-19/h1-3,5-6,11,14,17,20-21H,4,7-10,12-13,15-16H2/t20-,21-/m1/s1. The Morgan fingerprint density at radius 1 is 1.00 bits per heavy atom. The zero-order valence-corrected chi connectivity index (χ0v) is 17.1. The molecule has 0 N–H and O–H groups in total. The van der Waals surface area contributed by atoms with Crippen molar-refractivity contribution in [2.24, 2.45) is 5.92 Å². The molecule has 2 fully saturated rings. The van der Waals surface area contributed by atoms with E-state index in [4.69, 9.17) is 0 Å². The Morgan fingerprint density at radius 3 is 2.64 bits per heavy atom. The van der Waals surface area contributed by atoms with Gasteiger partial charge in [-0.3, -0.25) is 9.59 Å². The summed E-state index contributed by atoms with van der Waals surface area (Å²) in [5, 5.41) is 4.09. The minimum absolute atomic E-state index is 0.247. The Balaban J connectivity index is 1.32. The Hall–Kier alpha value is -2.14. The third kappa shape index (κ3) is 4.46. The third-order valence-corrected chi connectivity index (χ3v) is 6.88. The van der Waals surface area contributed by atoms with Crippen LogP contribution in [0.4, 0.5) is 0 Å². The molecule has 3 heterocycles. The number of aryl methyl sites for hydroxylation is 1. The van der Waals surface area contributed by atoms with Crippen molar-refractivity contribution in [1.82, 2.24) is 9.80 Å². The molecule has 1 aromatic carbocycles. The van der Waals surface area contributed by atoms with Crippen molar-refractivity contribution in [2.75, 3.05) is 19.6 Å². The van der Waals surface area contributed by atoms with E-state index in [1.807, 2.05) is 34.5 Å². The van der Waals surface area contributed by atoms with Crippen LogP contribution < -0.4 is 0 Å². The summed E-state index contributed by atoms with van der Waals surface area (Å²) >= 11 is 1.64. The third-order valence-electron chi connectivity index (χ3n) is 6.15. The highest BCUT2D eigenvalue weighted by Crippen LogP contribution is 2.31. The first-order chi connectivity index (χ1) is 13.7. The van der Waals surface area contributed by atoms with Crippen molar-refractivity contribution in [1.29, 1.82) is 0 Å². The quantitative estimate of drug-likeness (QED) is 0.772. The molecule has 4 nitrogen and oxygen atoms in total. The van der Waals surface area contributed by atoms with Crippen molar-refractivity contribution < 1.29 is 9.59 Å². The number of rotatable bonds is 5. The van der Waals surface area contributed by atoms with Gasteiger partial charge in [-0.25, -0.2) is 0 Å². The Morgan fingerprint density at radius 2 is 1.86 bits per heavy atom. The molecule has 2 aliphatic heterocycles. The molecule has 0 bridgehead atoms. The summed E-state index contributed by atoms with van der Waals surface area (Å²) in [7, 11) is 0. The molecule has 2 saturated heterocycles. The van der Waals surface area contributed by atoms with E-state index >= 15 is 0 Å². The molecular weight excluding hydrogens is 368 g/mol. The van der Waals surface area contributed by atoms with Gasteiger partial charge in [0.2, 0.25) is 11.8 Å². The number of benzene rings is 1. The van der Waals surface area contributed by atoms with E-state index in [9.17, 15) is 9.59 Å². The second-order valence-corrected chi connectivity index (χ2v) is 8.76. The van der Waals surface area contributed by atoms with Crippen molar-refractivity contribution >= 4 is 23.2 Å². The summed E-state index contributed by atoms with van der Waals surface area (Å²) in [6.07, 6.45) is 4.96. The monoisotopic (exact) mass is 396 g/mol. The second kappa shape index (κ2) is 8.91. The van der Waals surface area contributed by atoms with E-state index in [0.29, 0.717) is 24.8 Å². The van der Waals surface area contributed by atoms with Gasteiger partial charge in [0, 0.05) is 32.1 Å². The summed E-state index contributed by atoms with van der Waals surface area (Å²) in [6.45, 7) is 2.45. The van der Waals surface area contributed by atoms with Gasteiger partial charge < -0.3 is 9.80 Å². The van der Waals surface area contributed by atoms with Crippen LogP contribution in [0.25, 0.3) is 0 Å². The molecule has 0 radical (unpaired) electrons. The molecule has 2 amide bonds. The summed E-state index contributed by atoms with van der Waals surface area (Å²) in [5.41, 5.74) is 2.33. The molecule has 4 rings (SSSR count). The lowest BCUT2D eigenvalue weighted by Gasteiger charge is -2.47. The van der Waals surface area contributed by atoms with Crippen LogP contribution in [0.5, 0.6) is 0 Å². The van der Waals surface area contributed by atoms with Gasteiger partial charge in [-0.1, -0.05) is 30.3 Å². The largest absolute Gasteiger partial charge is 0.342 e. The topological polar surface area (TPSA) is 40.6 Å². The Bertz CT molecular complexity index is 790. The average Bonchev–Trinajstić information content (AvgIpc) is 3.25. The van der Waals surface area contributed by atoms with E-state index in [1.165, 1.54) is 5.56 Å². The SMILES string of the molecule is O=C(CCc1ccccc1)N1CC[C@@H]2[C@H](CCCN2C(=O)Cc2ccsc2)C1. The zero-order chi connectivity index (χ0) is 19.3. The Kier molecular flexibility index (Phi) is 6.10. The average molecular weight is 397 g/mol. The minimum Gasteiger partial charge on any atom is -0.342 e. The molecular formula is C23H28N2O2S. The van der Waals surface area contributed by atoms with Crippen LogP contribution in [0.1, 0.15) is 36.8 Å². The number of likely N-dealkylation sites (tertiary alicyclic amines) is 2. The highest BCUT2D eigenvalue weighted by atomic mass is 32.1. The van der Waals surface area contributed by atoms with Gasteiger partial charge in [-0.05, 0) is 59.6 Å². The van der Waals surface area contributed by atoms with Crippen molar-refractivity contribution in [3.63, 3.8) is 0 Å². The first kappa shape index (κ1) is 19.2. The predicted octanol–water partition coefficient (Wildman–Crippen LogP) is 3.76. The lowest BCUT2D eigenvalue weighted by atomic mass is 9.83. The smallest absolute Gasteiger partial charge is 0.227 e. The summed E-state index contributed by atoms with van der Waals surface area (Å²) in [5.74, 6) is 0.926. The van der Waals surface area contributed by atoms with Gasteiger partial charge in [0.1, 0.15) is 0 Å². The summed E-state index contributed by atoms with van der Waals surface area (Å²) in [4.78, 5) is 29.7. The van der Waals surface area contributed by atoms with Crippen molar-refractivity contribution in [3.05, 3.63) is 58.3 Å². The van der Waals surface area contributed by atoms with E-state index < -0.39 is 0 Å². The number of piperidine rings is 2. The second-order valence-electron chi connectivity index (χ2n) is 7.98.